The molecule has 1 aromatic carbocycles. The Hall–Kier alpha value is -2.15. The first-order chi connectivity index (χ1) is 8.04. The summed E-state index contributed by atoms with van der Waals surface area (Å²) in [5, 5.41) is 20.3. The summed E-state index contributed by atoms with van der Waals surface area (Å²) >= 11 is 0. The van der Waals surface area contributed by atoms with Gasteiger partial charge in [0.25, 0.3) is 0 Å². The maximum Gasteiger partial charge on any atom is 0.384 e. The number of rotatable bonds is 2. The molecule has 0 amide bonds. The molecule has 0 radical (unpaired) electrons. The largest absolute Gasteiger partial charge is 0.465 e. The number of fused-ring (bicyclic) bond motifs is 1. The van der Waals surface area contributed by atoms with Crippen molar-refractivity contribution in [3.63, 3.8) is 0 Å². The molecule has 0 bridgehead atoms. The lowest BCUT2D eigenvalue weighted by Crippen LogP contribution is -2.27. The van der Waals surface area contributed by atoms with Gasteiger partial charge in [-0.1, -0.05) is 0 Å². The molecule has 1 aromatic rings. The SMILES string of the molecule is COC(=O)c1ccc2c(c1)[C@@H](O)[C@H]([N+](=O)[O-])O2. The van der Waals surface area contributed by atoms with Gasteiger partial charge >= 0.3 is 12.2 Å². The molecule has 7 nitrogen and oxygen atoms in total. The van der Waals surface area contributed by atoms with Gasteiger partial charge in [-0.2, -0.15) is 0 Å². The standard InChI is InChI=1S/C10H9NO6/c1-16-10(13)5-2-3-7-6(4-5)8(12)9(17-7)11(14)15/h2-4,8-9,12H,1H3/t8-,9-/m1/s1. The van der Waals surface area contributed by atoms with Crippen LogP contribution in [0.3, 0.4) is 0 Å². The van der Waals surface area contributed by atoms with Crippen molar-refractivity contribution in [3.05, 3.63) is 39.4 Å². The molecule has 1 N–H and O–H groups in total. The van der Waals surface area contributed by atoms with Gasteiger partial charge in [-0.05, 0) is 18.2 Å². The van der Waals surface area contributed by atoms with E-state index in [1.54, 1.807) is 0 Å². The Kier molecular flexibility index (Phi) is 2.68. The Balaban J connectivity index is 2.37. The number of aliphatic hydroxyl groups is 1. The summed E-state index contributed by atoms with van der Waals surface area (Å²) in [5.74, 6) is -0.378. The van der Waals surface area contributed by atoms with Gasteiger partial charge in [0.2, 0.25) is 0 Å². The molecule has 0 spiro atoms. The predicted octanol–water partition coefficient (Wildman–Crippen LogP) is 0.502. The average molecular weight is 239 g/mol. The van der Waals surface area contributed by atoms with Crippen LogP contribution in [0.4, 0.5) is 0 Å². The van der Waals surface area contributed by atoms with Gasteiger partial charge in [-0.15, -0.1) is 0 Å². The monoisotopic (exact) mass is 239 g/mol. The molecule has 0 aromatic heterocycles. The number of methoxy groups -OCH3 is 1. The quantitative estimate of drug-likeness (QED) is 0.458. The van der Waals surface area contributed by atoms with Gasteiger partial charge in [-0.3, -0.25) is 10.1 Å². The van der Waals surface area contributed by atoms with E-state index in [4.69, 9.17) is 4.74 Å². The van der Waals surface area contributed by atoms with Crippen LogP contribution in [-0.4, -0.2) is 29.3 Å². The minimum Gasteiger partial charge on any atom is -0.465 e. The van der Waals surface area contributed by atoms with E-state index in [9.17, 15) is 20.0 Å². The highest BCUT2D eigenvalue weighted by molar-refractivity contribution is 5.89. The maximum atomic E-state index is 11.3. The van der Waals surface area contributed by atoms with Crippen LogP contribution in [0.2, 0.25) is 0 Å². The fraction of sp³-hybridized carbons (Fsp3) is 0.300. The topological polar surface area (TPSA) is 98.9 Å². The first-order valence-electron chi connectivity index (χ1n) is 4.75. The van der Waals surface area contributed by atoms with E-state index in [-0.39, 0.29) is 16.9 Å². The number of nitro groups is 1. The van der Waals surface area contributed by atoms with Crippen LogP contribution in [0.1, 0.15) is 22.0 Å². The molecule has 0 aliphatic carbocycles. The van der Waals surface area contributed by atoms with Crippen molar-refractivity contribution in [1.29, 1.82) is 0 Å². The van der Waals surface area contributed by atoms with Crippen LogP contribution in [0.25, 0.3) is 0 Å². The summed E-state index contributed by atoms with van der Waals surface area (Å²) in [5.41, 5.74) is 0.424. The molecule has 7 heteroatoms. The number of carbonyl (C=O) groups excluding carboxylic acids is 1. The molecular weight excluding hydrogens is 230 g/mol. The Morgan fingerprint density at radius 1 is 1.59 bits per heavy atom. The Labute approximate surface area is 95.7 Å². The van der Waals surface area contributed by atoms with Crippen molar-refractivity contribution in [2.24, 2.45) is 0 Å². The van der Waals surface area contributed by atoms with Crippen molar-refractivity contribution in [3.8, 4) is 5.75 Å². The zero-order valence-corrected chi connectivity index (χ0v) is 8.82. The summed E-state index contributed by atoms with van der Waals surface area (Å²) in [6, 6.07) is 4.14. The highest BCUT2D eigenvalue weighted by Gasteiger charge is 2.42. The van der Waals surface area contributed by atoms with E-state index < -0.39 is 23.2 Å². The normalized spacial score (nSPS) is 21.5. The Morgan fingerprint density at radius 2 is 2.29 bits per heavy atom. The smallest absolute Gasteiger partial charge is 0.384 e. The van der Waals surface area contributed by atoms with Crippen molar-refractivity contribution in [2.45, 2.75) is 12.3 Å². The Morgan fingerprint density at radius 3 is 2.88 bits per heavy atom. The summed E-state index contributed by atoms with van der Waals surface area (Å²) in [6.07, 6.45) is -2.91. The molecule has 0 fully saturated rings. The molecule has 0 saturated carbocycles. The average Bonchev–Trinajstić information content (AvgIpc) is 2.65. The van der Waals surface area contributed by atoms with E-state index in [1.165, 1.54) is 25.3 Å². The van der Waals surface area contributed by atoms with Crippen molar-refractivity contribution in [2.75, 3.05) is 7.11 Å². The van der Waals surface area contributed by atoms with Crippen LogP contribution in [-0.2, 0) is 4.74 Å². The molecule has 1 heterocycles. The summed E-state index contributed by atoms with van der Waals surface area (Å²) in [7, 11) is 1.22. The van der Waals surface area contributed by atoms with E-state index in [0.29, 0.717) is 0 Å². The maximum absolute atomic E-state index is 11.3. The number of nitrogens with zero attached hydrogens (tertiary/aromatic N) is 1. The molecule has 0 unspecified atom stereocenters. The fourth-order valence-corrected chi connectivity index (χ4v) is 1.64. The van der Waals surface area contributed by atoms with E-state index in [2.05, 4.69) is 4.74 Å². The molecule has 2 rings (SSSR count). The summed E-state index contributed by atoms with van der Waals surface area (Å²) in [6.45, 7) is 0. The zero-order valence-electron chi connectivity index (χ0n) is 8.82. The van der Waals surface area contributed by atoms with E-state index >= 15 is 0 Å². The number of hydrogen-bond acceptors (Lipinski definition) is 6. The summed E-state index contributed by atoms with van der Waals surface area (Å²) in [4.78, 5) is 21.1. The Bertz CT molecular complexity index is 486. The second-order valence-corrected chi connectivity index (χ2v) is 3.48. The van der Waals surface area contributed by atoms with Gasteiger partial charge in [-0.25, -0.2) is 4.79 Å². The number of esters is 1. The first-order valence-corrected chi connectivity index (χ1v) is 4.75. The second-order valence-electron chi connectivity index (χ2n) is 3.48. The van der Waals surface area contributed by atoms with Crippen LogP contribution in [0.5, 0.6) is 5.75 Å². The van der Waals surface area contributed by atoms with Crippen LogP contribution < -0.4 is 4.74 Å². The molecule has 1 aliphatic heterocycles. The number of aliphatic hydroxyl groups excluding tert-OH is 1. The number of ether oxygens (including phenoxy) is 2. The minimum atomic E-state index is -1.53. The van der Waals surface area contributed by atoms with Crippen LogP contribution in [0.15, 0.2) is 18.2 Å². The molecular formula is C10H9NO6. The van der Waals surface area contributed by atoms with Gasteiger partial charge in [0.05, 0.1) is 17.6 Å². The van der Waals surface area contributed by atoms with Gasteiger partial charge in [0.1, 0.15) is 5.75 Å². The molecule has 90 valence electrons. The lowest BCUT2D eigenvalue weighted by molar-refractivity contribution is -0.572. The fourth-order valence-electron chi connectivity index (χ4n) is 1.64. The molecule has 0 saturated heterocycles. The number of hydrogen-bond donors (Lipinski definition) is 1. The number of benzene rings is 1. The third-order valence-corrected chi connectivity index (χ3v) is 2.48. The predicted molar refractivity (Wildman–Crippen MR) is 54.2 cm³/mol. The highest BCUT2D eigenvalue weighted by atomic mass is 16.7. The van der Waals surface area contributed by atoms with E-state index in [0.717, 1.165) is 0 Å². The number of carbonyl (C=O) groups is 1. The third-order valence-electron chi connectivity index (χ3n) is 2.48. The van der Waals surface area contributed by atoms with Gasteiger partial charge in [0.15, 0.2) is 6.10 Å². The highest BCUT2D eigenvalue weighted by Crippen LogP contribution is 2.37. The van der Waals surface area contributed by atoms with Crippen LogP contribution >= 0.6 is 0 Å². The van der Waals surface area contributed by atoms with Gasteiger partial charge in [0, 0.05) is 5.56 Å². The summed E-state index contributed by atoms with van der Waals surface area (Å²) < 4.78 is 9.46. The van der Waals surface area contributed by atoms with Crippen molar-refractivity contribution >= 4 is 5.97 Å². The third kappa shape index (κ3) is 1.80. The molecule has 17 heavy (non-hydrogen) atoms. The minimum absolute atomic E-state index is 0.201. The molecule has 1 aliphatic rings. The van der Waals surface area contributed by atoms with Crippen molar-refractivity contribution < 1.29 is 24.3 Å². The van der Waals surface area contributed by atoms with E-state index in [1.807, 2.05) is 0 Å². The molecule has 2 atom stereocenters. The second kappa shape index (κ2) is 4.02. The zero-order chi connectivity index (χ0) is 12.6. The lowest BCUT2D eigenvalue weighted by atomic mass is 10.1. The first kappa shape index (κ1) is 11.3. The van der Waals surface area contributed by atoms with Crippen LogP contribution in [0, 0.1) is 10.1 Å². The van der Waals surface area contributed by atoms with Gasteiger partial charge < -0.3 is 14.6 Å². The lowest BCUT2D eigenvalue weighted by Gasteiger charge is -2.04. The van der Waals surface area contributed by atoms with Crippen molar-refractivity contribution in [1.82, 2.24) is 0 Å².